The third kappa shape index (κ3) is 4.22. The normalized spacial score (nSPS) is 13.7. The number of aromatic nitrogens is 2. The van der Waals surface area contributed by atoms with Gasteiger partial charge >= 0.3 is 13.7 Å². The van der Waals surface area contributed by atoms with Gasteiger partial charge in [0.2, 0.25) is 0 Å². The second-order valence-corrected chi connectivity index (χ2v) is 6.10. The summed E-state index contributed by atoms with van der Waals surface area (Å²) >= 11 is 0. The van der Waals surface area contributed by atoms with Gasteiger partial charge in [0.25, 0.3) is 0 Å². The molecule has 9 nitrogen and oxygen atoms in total. The van der Waals surface area contributed by atoms with E-state index >= 15 is 0 Å². The van der Waals surface area contributed by atoms with Crippen LogP contribution in [0.4, 0.5) is 5.95 Å². The quantitative estimate of drug-likeness (QED) is 0.452. The average Bonchev–Trinajstić information content (AvgIpc) is 2.86. The molecule has 2 N–H and O–H groups in total. The third-order valence-electron chi connectivity index (χ3n) is 2.94. The molecule has 0 aliphatic carbocycles. The molecule has 1 atom stereocenters. The maximum absolute atomic E-state index is 11.9. The molecule has 0 spiro atoms. The molecule has 2 aromatic rings. The molecule has 0 aliphatic heterocycles. The number of benzene rings is 1. The molecule has 10 heteroatoms. The molecule has 118 valence electrons. The SMILES string of the molecule is Cn1c(COP(=O)(O)NCc2ccccc2)cnc1[N+](=O)[O-]. The molecule has 0 saturated heterocycles. The molecular weight excluding hydrogens is 311 g/mol. The predicted octanol–water partition coefficient (Wildman–Crippen LogP) is 1.74. The minimum Gasteiger partial charge on any atom is -0.390 e. The smallest absolute Gasteiger partial charge is 0.390 e. The van der Waals surface area contributed by atoms with Crippen molar-refractivity contribution in [3.63, 3.8) is 0 Å². The van der Waals surface area contributed by atoms with Crippen molar-refractivity contribution in [3.8, 4) is 0 Å². The van der Waals surface area contributed by atoms with Gasteiger partial charge in [-0.05, 0) is 10.5 Å². The number of imidazole rings is 1. The van der Waals surface area contributed by atoms with Crippen LogP contribution in [0.1, 0.15) is 11.3 Å². The number of nitrogens with zero attached hydrogens (tertiary/aromatic N) is 3. The number of rotatable bonds is 7. The first-order valence-electron chi connectivity index (χ1n) is 6.30. The largest absolute Gasteiger partial charge is 0.434 e. The summed E-state index contributed by atoms with van der Waals surface area (Å²) in [5.74, 6) is -0.358. The van der Waals surface area contributed by atoms with Crippen molar-refractivity contribution in [1.29, 1.82) is 0 Å². The summed E-state index contributed by atoms with van der Waals surface area (Å²) in [6.07, 6.45) is 1.23. The van der Waals surface area contributed by atoms with Crippen LogP contribution in [0, 0.1) is 10.1 Å². The van der Waals surface area contributed by atoms with Gasteiger partial charge in [0.15, 0.2) is 0 Å². The summed E-state index contributed by atoms with van der Waals surface area (Å²) < 4.78 is 18.0. The Morgan fingerprint density at radius 1 is 1.45 bits per heavy atom. The van der Waals surface area contributed by atoms with Crippen molar-refractivity contribution in [2.75, 3.05) is 0 Å². The van der Waals surface area contributed by atoms with Crippen molar-refractivity contribution in [3.05, 3.63) is 57.9 Å². The number of hydrogen-bond acceptors (Lipinski definition) is 5. The van der Waals surface area contributed by atoms with Gasteiger partial charge in [-0.3, -0.25) is 4.52 Å². The van der Waals surface area contributed by atoms with Crippen LogP contribution in [0.15, 0.2) is 36.5 Å². The zero-order valence-electron chi connectivity index (χ0n) is 11.7. The Hall–Kier alpha value is -2.06. The van der Waals surface area contributed by atoms with Crippen LogP contribution in [0.3, 0.4) is 0 Å². The lowest BCUT2D eigenvalue weighted by atomic mass is 10.2. The molecule has 0 saturated carbocycles. The second-order valence-electron chi connectivity index (χ2n) is 4.48. The van der Waals surface area contributed by atoms with E-state index in [4.69, 9.17) is 4.52 Å². The van der Waals surface area contributed by atoms with Crippen molar-refractivity contribution in [2.45, 2.75) is 13.2 Å². The Morgan fingerprint density at radius 2 is 2.14 bits per heavy atom. The highest BCUT2D eigenvalue weighted by molar-refractivity contribution is 7.50. The fraction of sp³-hybridized carbons (Fsp3) is 0.250. The van der Waals surface area contributed by atoms with Crippen molar-refractivity contribution in [1.82, 2.24) is 14.6 Å². The van der Waals surface area contributed by atoms with E-state index in [2.05, 4.69) is 10.1 Å². The van der Waals surface area contributed by atoms with Gasteiger partial charge in [0.1, 0.15) is 18.5 Å². The van der Waals surface area contributed by atoms with Gasteiger partial charge in [0.05, 0.1) is 7.05 Å². The molecule has 1 aromatic heterocycles. The van der Waals surface area contributed by atoms with E-state index in [-0.39, 0.29) is 19.1 Å². The van der Waals surface area contributed by atoms with Gasteiger partial charge in [-0.25, -0.2) is 14.2 Å². The van der Waals surface area contributed by atoms with Crippen molar-refractivity contribution < 1.29 is 18.9 Å². The molecule has 1 aromatic carbocycles. The van der Waals surface area contributed by atoms with Crippen molar-refractivity contribution in [2.24, 2.45) is 7.05 Å². The first-order valence-corrected chi connectivity index (χ1v) is 7.88. The van der Waals surface area contributed by atoms with Crippen LogP contribution in [0.25, 0.3) is 0 Å². The molecule has 2 rings (SSSR count). The lowest BCUT2D eigenvalue weighted by molar-refractivity contribution is -0.396. The van der Waals surface area contributed by atoms with E-state index in [0.29, 0.717) is 5.69 Å². The third-order valence-corrected chi connectivity index (χ3v) is 3.97. The number of hydrogen-bond donors (Lipinski definition) is 2. The summed E-state index contributed by atoms with van der Waals surface area (Å²) in [5, 5.41) is 13.1. The zero-order valence-corrected chi connectivity index (χ0v) is 12.6. The standard InChI is InChI=1S/C12H15N4O5P/c1-15-11(8-13-12(15)16(17)18)9-21-22(19,20)14-7-10-5-3-2-4-6-10/h2-6,8H,7,9H2,1H3,(H2,14,19,20). The Morgan fingerprint density at radius 3 is 2.73 bits per heavy atom. The summed E-state index contributed by atoms with van der Waals surface area (Å²) in [4.78, 5) is 23.3. The van der Waals surface area contributed by atoms with E-state index in [9.17, 15) is 19.6 Å². The van der Waals surface area contributed by atoms with Crippen molar-refractivity contribution >= 4 is 13.7 Å². The highest BCUT2D eigenvalue weighted by atomic mass is 31.2. The second kappa shape index (κ2) is 6.80. The highest BCUT2D eigenvalue weighted by Crippen LogP contribution is 2.38. The van der Waals surface area contributed by atoms with Gasteiger partial charge in [-0.2, -0.15) is 0 Å². The minimum absolute atomic E-state index is 0.167. The predicted molar refractivity (Wildman–Crippen MR) is 77.8 cm³/mol. The monoisotopic (exact) mass is 326 g/mol. The average molecular weight is 326 g/mol. The van der Waals surface area contributed by atoms with E-state index in [1.54, 1.807) is 12.1 Å². The van der Waals surface area contributed by atoms with Gasteiger partial charge in [-0.1, -0.05) is 35.3 Å². The van der Waals surface area contributed by atoms with Crippen LogP contribution < -0.4 is 5.09 Å². The Bertz CT molecular complexity index is 703. The van der Waals surface area contributed by atoms with Crippen LogP contribution in [-0.2, 0) is 29.3 Å². The molecule has 1 heterocycles. The number of nitro groups is 1. The maximum Gasteiger partial charge on any atom is 0.434 e. The molecule has 0 fully saturated rings. The molecule has 0 radical (unpaired) electrons. The summed E-state index contributed by atoms with van der Waals surface area (Å²) in [6, 6.07) is 9.08. The first-order chi connectivity index (χ1) is 10.4. The molecule has 0 bridgehead atoms. The first kappa shape index (κ1) is 16.3. The minimum atomic E-state index is -4.02. The van der Waals surface area contributed by atoms with E-state index in [0.717, 1.165) is 5.56 Å². The van der Waals surface area contributed by atoms with Crippen LogP contribution in [0.2, 0.25) is 0 Å². The topological polar surface area (TPSA) is 120 Å². The van der Waals surface area contributed by atoms with E-state index in [1.165, 1.54) is 17.8 Å². The van der Waals surface area contributed by atoms with E-state index < -0.39 is 12.7 Å². The fourth-order valence-electron chi connectivity index (χ4n) is 1.72. The molecule has 22 heavy (non-hydrogen) atoms. The van der Waals surface area contributed by atoms with Gasteiger partial charge < -0.3 is 15.0 Å². The van der Waals surface area contributed by atoms with Gasteiger partial charge in [-0.15, -0.1) is 0 Å². The fourth-order valence-corrected chi connectivity index (χ4v) is 2.50. The molecule has 0 aliphatic rings. The summed E-state index contributed by atoms with van der Waals surface area (Å²) in [6.45, 7) is -0.104. The Kier molecular flexibility index (Phi) is 5.04. The highest BCUT2D eigenvalue weighted by Gasteiger charge is 2.23. The Balaban J connectivity index is 1.92. The zero-order chi connectivity index (χ0) is 16.2. The van der Waals surface area contributed by atoms with Crippen LogP contribution in [0.5, 0.6) is 0 Å². The molecule has 0 amide bonds. The molecule has 1 unspecified atom stereocenters. The van der Waals surface area contributed by atoms with Crippen LogP contribution >= 0.6 is 7.75 Å². The lowest BCUT2D eigenvalue weighted by Gasteiger charge is -2.12. The number of nitrogens with one attached hydrogen (secondary N) is 1. The maximum atomic E-state index is 11.9. The van der Waals surface area contributed by atoms with Crippen LogP contribution in [-0.4, -0.2) is 19.4 Å². The molecular formula is C12H15N4O5P. The lowest BCUT2D eigenvalue weighted by Crippen LogP contribution is -2.12. The summed E-state index contributed by atoms with van der Waals surface area (Å²) in [7, 11) is -2.58. The Labute approximate surface area is 126 Å². The van der Waals surface area contributed by atoms with Gasteiger partial charge in [0, 0.05) is 6.54 Å². The van der Waals surface area contributed by atoms with E-state index in [1.807, 2.05) is 18.2 Å². The summed E-state index contributed by atoms with van der Waals surface area (Å²) in [5.41, 5.74) is 1.15.